The summed E-state index contributed by atoms with van der Waals surface area (Å²) in [7, 11) is 0. The van der Waals surface area contributed by atoms with Crippen LogP contribution >= 0.6 is 11.8 Å². The number of benzene rings is 1. The molecule has 20 heavy (non-hydrogen) atoms. The van der Waals surface area contributed by atoms with Gasteiger partial charge in [-0.15, -0.1) is 0 Å². The first-order valence-corrected chi connectivity index (χ1v) is 6.21. The molecule has 0 bridgehead atoms. The average molecular weight is 311 g/mol. The molecule has 0 aliphatic rings. The van der Waals surface area contributed by atoms with Gasteiger partial charge in [-0.3, -0.25) is 4.79 Å². The minimum Gasteiger partial charge on any atom is -0.478 e. The first-order valence-electron chi connectivity index (χ1n) is 5.22. The number of halogens is 4. The maximum absolute atomic E-state index is 13.4. The molecule has 0 aliphatic carbocycles. The molecule has 0 saturated carbocycles. The fraction of sp³-hybridized carbons (Fsp3) is 0.273. The van der Waals surface area contributed by atoms with E-state index in [1.807, 2.05) is 0 Å². The van der Waals surface area contributed by atoms with Gasteiger partial charge in [0, 0.05) is 12.3 Å². The van der Waals surface area contributed by atoms with E-state index in [0.29, 0.717) is 6.07 Å². The van der Waals surface area contributed by atoms with Gasteiger partial charge in [0.2, 0.25) is 0 Å². The second-order valence-corrected chi connectivity index (χ2v) is 4.71. The molecule has 0 unspecified atom stereocenters. The minimum atomic E-state index is -4.39. The van der Waals surface area contributed by atoms with Crippen LogP contribution < -0.4 is 5.32 Å². The van der Waals surface area contributed by atoms with Gasteiger partial charge in [-0.25, -0.2) is 9.18 Å². The highest BCUT2D eigenvalue weighted by Gasteiger charge is 2.27. The van der Waals surface area contributed by atoms with Crippen LogP contribution in [0.25, 0.3) is 0 Å². The largest absolute Gasteiger partial charge is 0.478 e. The monoisotopic (exact) mass is 311 g/mol. The van der Waals surface area contributed by atoms with Crippen molar-refractivity contribution in [3.05, 3.63) is 35.1 Å². The molecule has 0 fully saturated rings. The van der Waals surface area contributed by atoms with E-state index in [4.69, 9.17) is 5.11 Å². The van der Waals surface area contributed by atoms with Gasteiger partial charge in [-0.05, 0) is 30.0 Å². The number of carboxylic acids is 1. The summed E-state index contributed by atoms with van der Waals surface area (Å²) in [4.78, 5) is 22.0. The summed E-state index contributed by atoms with van der Waals surface area (Å²) in [5, 5.41) is 10.7. The van der Waals surface area contributed by atoms with E-state index < -0.39 is 34.5 Å². The second kappa shape index (κ2) is 6.60. The highest BCUT2D eigenvalue weighted by atomic mass is 32.2. The molecule has 110 valence electrons. The van der Waals surface area contributed by atoms with Gasteiger partial charge in [-0.2, -0.15) is 13.2 Å². The first-order chi connectivity index (χ1) is 9.20. The second-order valence-electron chi connectivity index (χ2n) is 3.55. The zero-order chi connectivity index (χ0) is 15.3. The lowest BCUT2D eigenvalue weighted by molar-refractivity contribution is -0.0327. The van der Waals surface area contributed by atoms with Crippen LogP contribution in [0.15, 0.2) is 18.2 Å². The Bertz CT molecular complexity index is 519. The number of nitrogens with one attached hydrogen (secondary N) is 1. The van der Waals surface area contributed by atoms with E-state index >= 15 is 0 Å². The molecular weight excluding hydrogens is 302 g/mol. The predicted octanol–water partition coefficient (Wildman–Crippen LogP) is 2.51. The van der Waals surface area contributed by atoms with Crippen molar-refractivity contribution in [2.75, 3.05) is 12.3 Å². The van der Waals surface area contributed by atoms with E-state index in [0.717, 1.165) is 12.1 Å². The summed E-state index contributed by atoms with van der Waals surface area (Å²) < 4.78 is 48.9. The van der Waals surface area contributed by atoms with Crippen molar-refractivity contribution < 1.29 is 32.3 Å². The molecule has 0 aliphatic heterocycles. The third-order valence-electron chi connectivity index (χ3n) is 2.11. The Balaban J connectivity index is 2.58. The van der Waals surface area contributed by atoms with E-state index in [9.17, 15) is 27.2 Å². The molecule has 1 aromatic rings. The van der Waals surface area contributed by atoms with Crippen molar-refractivity contribution in [1.29, 1.82) is 0 Å². The van der Waals surface area contributed by atoms with Gasteiger partial charge in [0.15, 0.2) is 0 Å². The lowest BCUT2D eigenvalue weighted by Gasteiger charge is -2.08. The maximum Gasteiger partial charge on any atom is 0.441 e. The molecule has 2 N–H and O–H groups in total. The lowest BCUT2D eigenvalue weighted by Crippen LogP contribution is -2.27. The number of aromatic carboxylic acids is 1. The number of hydrogen-bond acceptors (Lipinski definition) is 3. The molecule has 0 radical (unpaired) electrons. The smallest absolute Gasteiger partial charge is 0.441 e. The van der Waals surface area contributed by atoms with Crippen LogP contribution in [0.5, 0.6) is 0 Å². The molecule has 0 atom stereocenters. The normalized spacial score (nSPS) is 11.2. The number of carbonyl (C=O) groups excluding carboxylic acids is 1. The van der Waals surface area contributed by atoms with Crippen LogP contribution in [0.3, 0.4) is 0 Å². The fourth-order valence-corrected chi connectivity index (χ4v) is 1.69. The Morgan fingerprint density at radius 1 is 1.30 bits per heavy atom. The number of rotatable bonds is 5. The number of hydrogen-bond donors (Lipinski definition) is 2. The number of carboxylic acid groups (broad SMARTS) is 1. The average Bonchev–Trinajstić information content (AvgIpc) is 2.33. The van der Waals surface area contributed by atoms with Crippen molar-refractivity contribution in [2.45, 2.75) is 5.51 Å². The highest BCUT2D eigenvalue weighted by molar-refractivity contribution is 8.00. The highest BCUT2D eigenvalue weighted by Crippen LogP contribution is 2.29. The zero-order valence-corrected chi connectivity index (χ0v) is 10.6. The molecule has 9 heteroatoms. The van der Waals surface area contributed by atoms with E-state index in [-0.39, 0.29) is 23.9 Å². The van der Waals surface area contributed by atoms with Crippen LogP contribution in [0, 0.1) is 5.82 Å². The van der Waals surface area contributed by atoms with E-state index in [1.165, 1.54) is 0 Å². The van der Waals surface area contributed by atoms with Gasteiger partial charge < -0.3 is 10.4 Å². The summed E-state index contributed by atoms with van der Waals surface area (Å²) in [6.07, 6.45) is 0. The van der Waals surface area contributed by atoms with Crippen LogP contribution in [-0.4, -0.2) is 34.8 Å². The topological polar surface area (TPSA) is 66.4 Å². The first kappa shape index (κ1) is 16.3. The summed E-state index contributed by atoms with van der Waals surface area (Å²) >= 11 is -0.305. The molecular formula is C11H9F4NO3S. The summed E-state index contributed by atoms with van der Waals surface area (Å²) in [6, 6.07) is 2.66. The molecule has 1 amide bonds. The van der Waals surface area contributed by atoms with Crippen LogP contribution in [-0.2, 0) is 0 Å². The van der Waals surface area contributed by atoms with E-state index in [2.05, 4.69) is 5.32 Å². The molecule has 0 heterocycles. The Hall–Kier alpha value is -1.77. The molecule has 1 aromatic carbocycles. The quantitative estimate of drug-likeness (QED) is 0.648. The van der Waals surface area contributed by atoms with Crippen LogP contribution in [0.1, 0.15) is 20.7 Å². The van der Waals surface area contributed by atoms with Gasteiger partial charge in [-0.1, -0.05) is 0 Å². The van der Waals surface area contributed by atoms with Crippen molar-refractivity contribution >= 4 is 23.6 Å². The minimum absolute atomic E-state index is 0.289. The third kappa shape index (κ3) is 5.08. The standard InChI is InChI=1S/C11H9F4NO3S/c12-8-5-6(10(18)19)1-2-7(8)9(17)16-3-4-20-11(13,14)15/h1-2,5H,3-4H2,(H,16,17)(H,18,19). The van der Waals surface area contributed by atoms with Gasteiger partial charge in [0.1, 0.15) is 5.82 Å². The van der Waals surface area contributed by atoms with Crippen molar-refractivity contribution in [1.82, 2.24) is 5.32 Å². The van der Waals surface area contributed by atoms with Crippen molar-refractivity contribution in [3.8, 4) is 0 Å². The van der Waals surface area contributed by atoms with E-state index in [1.54, 1.807) is 0 Å². The van der Waals surface area contributed by atoms with Gasteiger partial charge in [0.25, 0.3) is 5.91 Å². The maximum atomic E-state index is 13.4. The Morgan fingerprint density at radius 2 is 1.95 bits per heavy atom. The molecule has 0 aromatic heterocycles. The Morgan fingerprint density at radius 3 is 2.45 bits per heavy atom. The van der Waals surface area contributed by atoms with Gasteiger partial charge >= 0.3 is 11.5 Å². The predicted molar refractivity (Wildman–Crippen MR) is 64.2 cm³/mol. The van der Waals surface area contributed by atoms with Crippen molar-refractivity contribution in [2.24, 2.45) is 0 Å². The molecule has 4 nitrogen and oxygen atoms in total. The number of thioether (sulfide) groups is 1. The van der Waals surface area contributed by atoms with Crippen molar-refractivity contribution in [3.63, 3.8) is 0 Å². The van der Waals surface area contributed by atoms with Crippen LogP contribution in [0.4, 0.5) is 17.6 Å². The zero-order valence-electron chi connectivity index (χ0n) is 9.83. The fourth-order valence-electron chi connectivity index (χ4n) is 1.26. The SMILES string of the molecule is O=C(O)c1ccc(C(=O)NCCSC(F)(F)F)c(F)c1. The summed E-state index contributed by atoms with van der Waals surface area (Å²) in [6.45, 7) is -0.289. The molecule has 0 saturated heterocycles. The van der Waals surface area contributed by atoms with Crippen LogP contribution in [0.2, 0.25) is 0 Å². The number of carbonyl (C=O) groups is 2. The Labute approximate surface area is 115 Å². The Kier molecular flexibility index (Phi) is 5.37. The summed E-state index contributed by atoms with van der Waals surface area (Å²) in [5.74, 6) is -3.70. The lowest BCUT2D eigenvalue weighted by atomic mass is 10.1. The third-order valence-corrected chi connectivity index (χ3v) is 2.85. The molecule has 1 rings (SSSR count). The van der Waals surface area contributed by atoms with Gasteiger partial charge in [0.05, 0.1) is 11.1 Å². The molecule has 0 spiro atoms. The number of amides is 1. The number of alkyl halides is 3. The summed E-state index contributed by atoms with van der Waals surface area (Å²) in [5.41, 5.74) is -5.14.